The zero-order valence-corrected chi connectivity index (χ0v) is 34.9. The number of aliphatic imine (C=N–C) groups is 1. The third-order valence-corrected chi connectivity index (χ3v) is 9.41. The first-order valence-corrected chi connectivity index (χ1v) is 21.2. The van der Waals surface area contributed by atoms with Crippen molar-refractivity contribution < 1.29 is 43.8 Å². The van der Waals surface area contributed by atoms with Crippen molar-refractivity contribution in [3.63, 3.8) is 0 Å². The van der Waals surface area contributed by atoms with Crippen LogP contribution in [0, 0.1) is 11.8 Å². The Labute approximate surface area is 337 Å². The maximum atomic E-state index is 13.8. The van der Waals surface area contributed by atoms with Gasteiger partial charge in [-0.3, -0.25) is 38.6 Å². The number of aliphatic hydroxyl groups excluding tert-OH is 2. The lowest BCUT2D eigenvalue weighted by molar-refractivity contribution is -0.136. The number of hydrogen-bond donors (Lipinski definition) is 12. The number of nitrogens with two attached hydrogens (primary N) is 4. The van der Waals surface area contributed by atoms with Crippen molar-refractivity contribution in [2.75, 3.05) is 43.8 Å². The highest BCUT2D eigenvalue weighted by Crippen LogP contribution is 2.11. The monoisotopic (exact) mass is 835 g/mol. The number of rotatable bonds is 29. The summed E-state index contributed by atoms with van der Waals surface area (Å²) < 4.78 is 0. The van der Waals surface area contributed by atoms with Crippen LogP contribution in [0.1, 0.15) is 66.2 Å². The van der Waals surface area contributed by atoms with Crippen LogP contribution in [0.25, 0.3) is 0 Å². The smallest absolute Gasteiger partial charge is 0.245 e. The van der Waals surface area contributed by atoms with E-state index in [-0.39, 0.29) is 62.9 Å². The van der Waals surface area contributed by atoms with Crippen molar-refractivity contribution in [1.29, 1.82) is 0 Å². The SMILES string of the molecule is CSCC[C@H](NC(=O)[C@H](CO)NC(=O)[C@H](CCSC)NC(=O)[C@@H](N)CO)C(=O)N[C@@H](CC(C)C)C(=O)N[C@@H](CCCN=C(N)N)C(=O)N[C@@H](CC(C)C)C(N)=O. The van der Waals surface area contributed by atoms with Crippen LogP contribution in [-0.4, -0.2) is 144 Å². The molecular formula is C34H65N11O9S2. The number of amides is 7. The van der Waals surface area contributed by atoms with Gasteiger partial charge < -0.3 is 65.0 Å². The first-order valence-electron chi connectivity index (χ1n) is 18.4. The highest BCUT2D eigenvalue weighted by molar-refractivity contribution is 7.98. The Balaban J connectivity index is 6.21. The second kappa shape index (κ2) is 28.5. The Morgan fingerprint density at radius 3 is 1.34 bits per heavy atom. The fourth-order valence-electron chi connectivity index (χ4n) is 5.12. The number of hydrogen-bond acceptors (Lipinski definition) is 13. The largest absolute Gasteiger partial charge is 0.394 e. The molecule has 0 unspecified atom stereocenters. The predicted octanol–water partition coefficient (Wildman–Crippen LogP) is -3.66. The molecule has 0 aliphatic carbocycles. The second-order valence-electron chi connectivity index (χ2n) is 14.0. The van der Waals surface area contributed by atoms with Crippen LogP contribution in [0.15, 0.2) is 4.99 Å². The predicted molar refractivity (Wildman–Crippen MR) is 218 cm³/mol. The first kappa shape index (κ1) is 52.1. The van der Waals surface area contributed by atoms with E-state index in [9.17, 15) is 43.8 Å². The number of carbonyl (C=O) groups excluding carboxylic acids is 7. The minimum Gasteiger partial charge on any atom is -0.394 e. The third kappa shape index (κ3) is 21.4. The molecule has 0 aromatic heterocycles. The maximum absolute atomic E-state index is 13.8. The van der Waals surface area contributed by atoms with Gasteiger partial charge in [0.25, 0.3) is 0 Å². The Bertz CT molecular complexity index is 1310. The molecule has 0 fully saturated rings. The zero-order chi connectivity index (χ0) is 43.0. The van der Waals surface area contributed by atoms with Crippen molar-refractivity contribution >= 4 is 70.8 Å². The van der Waals surface area contributed by atoms with E-state index < -0.39 is 96.9 Å². The first-order chi connectivity index (χ1) is 26.3. The lowest BCUT2D eigenvalue weighted by atomic mass is 10.0. The van der Waals surface area contributed by atoms with Gasteiger partial charge in [-0.05, 0) is 74.4 Å². The molecule has 0 rings (SSSR count). The molecule has 0 saturated carbocycles. The topological polar surface area (TPSA) is 349 Å². The molecule has 7 amide bonds. The molecule has 0 spiro atoms. The molecule has 0 aromatic carbocycles. The van der Waals surface area contributed by atoms with Crippen LogP contribution in [0.4, 0.5) is 0 Å². The summed E-state index contributed by atoms with van der Waals surface area (Å²) >= 11 is 2.79. The van der Waals surface area contributed by atoms with E-state index in [1.54, 1.807) is 12.5 Å². The summed E-state index contributed by atoms with van der Waals surface area (Å²) in [5, 5.41) is 34.6. The number of guanidine groups is 1. The van der Waals surface area contributed by atoms with Gasteiger partial charge in [0.1, 0.15) is 42.3 Å². The molecular weight excluding hydrogens is 771 g/mol. The molecule has 0 aromatic rings. The van der Waals surface area contributed by atoms with E-state index in [1.165, 1.54) is 23.5 Å². The van der Waals surface area contributed by atoms with Gasteiger partial charge in [0, 0.05) is 6.54 Å². The molecule has 0 heterocycles. The summed E-state index contributed by atoms with van der Waals surface area (Å²) in [4.78, 5) is 95.8. The molecule has 0 aliphatic heterocycles. The highest BCUT2D eigenvalue weighted by Gasteiger charge is 2.33. The van der Waals surface area contributed by atoms with E-state index in [2.05, 4.69) is 36.9 Å². The Hall–Kier alpha value is -3.86. The van der Waals surface area contributed by atoms with Gasteiger partial charge >= 0.3 is 0 Å². The van der Waals surface area contributed by atoms with E-state index in [4.69, 9.17) is 22.9 Å². The molecule has 322 valence electrons. The van der Waals surface area contributed by atoms with Gasteiger partial charge in [-0.2, -0.15) is 23.5 Å². The highest BCUT2D eigenvalue weighted by atomic mass is 32.2. The lowest BCUT2D eigenvalue weighted by Gasteiger charge is -2.28. The Morgan fingerprint density at radius 1 is 0.554 bits per heavy atom. The summed E-state index contributed by atoms with van der Waals surface area (Å²) in [7, 11) is 0. The van der Waals surface area contributed by atoms with Crippen LogP contribution >= 0.6 is 23.5 Å². The van der Waals surface area contributed by atoms with Crippen LogP contribution in [0.2, 0.25) is 0 Å². The fraction of sp³-hybridized carbons (Fsp3) is 0.765. The van der Waals surface area contributed by atoms with Crippen molar-refractivity contribution in [3.05, 3.63) is 0 Å². The number of primary amides is 1. The van der Waals surface area contributed by atoms with E-state index in [0.29, 0.717) is 11.5 Å². The van der Waals surface area contributed by atoms with E-state index >= 15 is 0 Å². The van der Waals surface area contributed by atoms with Crippen molar-refractivity contribution in [2.24, 2.45) is 39.8 Å². The fourth-order valence-corrected chi connectivity index (χ4v) is 6.06. The average Bonchev–Trinajstić information content (AvgIpc) is 3.12. The molecule has 0 saturated heterocycles. The summed E-state index contributed by atoms with van der Waals surface area (Å²) in [5.74, 6) is -4.75. The summed E-state index contributed by atoms with van der Waals surface area (Å²) in [6, 6.07) is -8.51. The lowest BCUT2D eigenvalue weighted by Crippen LogP contribution is -2.60. The Morgan fingerprint density at radius 2 is 0.929 bits per heavy atom. The van der Waals surface area contributed by atoms with Crippen molar-refractivity contribution in [1.82, 2.24) is 31.9 Å². The molecule has 0 bridgehead atoms. The normalized spacial score (nSPS) is 14.9. The van der Waals surface area contributed by atoms with E-state index in [0.717, 1.165) is 0 Å². The van der Waals surface area contributed by atoms with Crippen LogP contribution in [0.3, 0.4) is 0 Å². The van der Waals surface area contributed by atoms with Gasteiger partial charge in [0.15, 0.2) is 5.96 Å². The van der Waals surface area contributed by atoms with Crippen LogP contribution < -0.4 is 54.8 Å². The molecule has 56 heavy (non-hydrogen) atoms. The average molecular weight is 836 g/mol. The minimum absolute atomic E-state index is 0.0169. The summed E-state index contributed by atoms with van der Waals surface area (Å²) in [6.07, 6.45) is 4.58. The molecule has 7 atom stereocenters. The summed E-state index contributed by atoms with van der Waals surface area (Å²) in [5.41, 5.74) is 21.9. The number of carbonyl (C=O) groups is 7. The van der Waals surface area contributed by atoms with Gasteiger partial charge in [0.2, 0.25) is 41.4 Å². The minimum atomic E-state index is -1.53. The molecule has 0 aliphatic rings. The van der Waals surface area contributed by atoms with E-state index in [1.807, 2.05) is 27.7 Å². The number of nitrogens with one attached hydrogen (secondary N) is 6. The van der Waals surface area contributed by atoms with Gasteiger partial charge in [0.05, 0.1) is 13.2 Å². The third-order valence-electron chi connectivity index (χ3n) is 8.12. The molecule has 20 nitrogen and oxygen atoms in total. The van der Waals surface area contributed by atoms with Crippen molar-refractivity contribution in [3.8, 4) is 0 Å². The summed E-state index contributed by atoms with van der Waals surface area (Å²) in [6.45, 7) is 5.99. The standard InChI is InChI=1S/C34H65N11O9S2/c1-18(2)14-24(27(36)48)43-29(50)21(8-7-11-39-34(37)38)41-32(53)25(15-19(3)4)44-30(51)23(10-13-56-6)42-33(54)26(17-47)45-31(52)22(9-12-55-5)40-28(49)20(35)16-46/h18-26,46-47H,7-17,35H2,1-6H3,(H2,36,48)(H,40,49)(H,41,53)(H,42,54)(H,43,50)(H,44,51)(H,45,52)(H4,37,38,39)/t20-,21-,22-,23-,24-,25-,26-/m0/s1. The number of thioether (sulfide) groups is 2. The molecule has 16 N–H and O–H groups in total. The van der Waals surface area contributed by atoms with Gasteiger partial charge in [-0.1, -0.05) is 27.7 Å². The molecule has 22 heteroatoms. The number of nitrogens with zero attached hydrogens (tertiary/aromatic N) is 1. The van der Waals surface area contributed by atoms with Crippen molar-refractivity contribution in [2.45, 2.75) is 109 Å². The maximum Gasteiger partial charge on any atom is 0.245 e. The van der Waals surface area contributed by atoms with Crippen LogP contribution in [-0.2, 0) is 33.6 Å². The van der Waals surface area contributed by atoms with Crippen LogP contribution in [0.5, 0.6) is 0 Å². The molecule has 0 radical (unpaired) electrons. The van der Waals surface area contributed by atoms with Gasteiger partial charge in [-0.25, -0.2) is 0 Å². The quantitative estimate of drug-likeness (QED) is 0.0197. The Kier molecular flexibility index (Phi) is 26.6. The zero-order valence-electron chi connectivity index (χ0n) is 33.3. The second-order valence-corrected chi connectivity index (χ2v) is 16.0. The number of aliphatic hydroxyl groups is 2. The van der Waals surface area contributed by atoms with Gasteiger partial charge in [-0.15, -0.1) is 0 Å².